The Hall–Kier alpha value is -0.290. The van der Waals surface area contributed by atoms with Gasteiger partial charge in [0.15, 0.2) is 0 Å². The number of rotatable bonds is 21. The summed E-state index contributed by atoms with van der Waals surface area (Å²) in [6.45, 7) is 3.27. The molecule has 0 saturated carbocycles. The van der Waals surface area contributed by atoms with Gasteiger partial charge in [-0.3, -0.25) is 14.3 Å². The van der Waals surface area contributed by atoms with Gasteiger partial charge >= 0.3 is 35.4 Å². The largest absolute Gasteiger partial charge is 1.00 e. The maximum Gasteiger partial charge on any atom is 1.00 e. The van der Waals surface area contributed by atoms with Gasteiger partial charge in [0, 0.05) is 6.42 Å². The van der Waals surface area contributed by atoms with Crippen LogP contribution >= 0.6 is 0 Å². The molecule has 0 saturated heterocycles. The second-order valence-electron chi connectivity index (χ2n) is 9.26. The normalized spacial score (nSPS) is 15.1. The van der Waals surface area contributed by atoms with Crippen LogP contribution in [-0.4, -0.2) is 88.9 Å². The maximum absolute atomic E-state index is 12.8. The average molecular weight is 526 g/mol. The second kappa shape index (κ2) is 20.7. The molecular formula is C25H46N2NaO6S+. The molecule has 0 aliphatic carbocycles. The number of amidine groups is 1. The molecule has 1 aliphatic rings. The number of Topliss-reactive ketones (excluding diaryl/α,β-unsaturated/α-hetero) is 1. The fraction of sp³-hybridized carbons (Fsp3) is 0.840. The summed E-state index contributed by atoms with van der Waals surface area (Å²) >= 11 is 0. The minimum atomic E-state index is -4.55. The number of nitrogens with zero attached hydrogens (tertiary/aromatic N) is 2. The minimum absolute atomic E-state index is 0. The molecule has 8 nitrogen and oxygen atoms in total. The van der Waals surface area contributed by atoms with E-state index >= 15 is 0 Å². The zero-order valence-corrected chi connectivity index (χ0v) is 24.8. The third-order valence-electron chi connectivity index (χ3n) is 6.11. The summed E-state index contributed by atoms with van der Waals surface area (Å²) in [5.74, 6) is -0.599. The van der Waals surface area contributed by atoms with Crippen LogP contribution in [-0.2, 0) is 14.9 Å². The van der Waals surface area contributed by atoms with Crippen molar-refractivity contribution in [3.05, 3.63) is 12.2 Å². The van der Waals surface area contributed by atoms with Crippen LogP contribution in [0.25, 0.3) is 0 Å². The topological polar surface area (TPSA) is 121 Å². The molecule has 0 amide bonds. The molecule has 0 fully saturated rings. The molecule has 1 heterocycles. The number of hydrogen-bond acceptors (Lipinski definition) is 7. The summed E-state index contributed by atoms with van der Waals surface area (Å²) in [6, 6.07) is 0. The summed E-state index contributed by atoms with van der Waals surface area (Å²) in [5, 5.41) is 19.2. The number of carbonyl (C=O) groups excluding carboxylic acids is 1. The van der Waals surface area contributed by atoms with Crippen LogP contribution in [0.3, 0.4) is 0 Å². The van der Waals surface area contributed by atoms with E-state index < -0.39 is 22.0 Å². The monoisotopic (exact) mass is 525 g/mol. The van der Waals surface area contributed by atoms with Gasteiger partial charge in [-0.25, -0.2) is 8.42 Å². The fourth-order valence-corrected chi connectivity index (χ4v) is 4.95. The number of carbonyl (C=O) groups is 1. The molecule has 1 unspecified atom stereocenters. The van der Waals surface area contributed by atoms with E-state index in [1.54, 1.807) is 9.48 Å². The molecule has 10 heteroatoms. The molecule has 35 heavy (non-hydrogen) atoms. The Balaban J connectivity index is 0.0000116. The van der Waals surface area contributed by atoms with Gasteiger partial charge in [0.1, 0.15) is 32.3 Å². The predicted octanol–water partition coefficient (Wildman–Crippen LogP) is -0.168. The number of ketones is 1. The smallest absolute Gasteiger partial charge is 0.748 e. The first kappa shape index (κ1) is 34.7. The first-order valence-electron chi connectivity index (χ1n) is 13.1. The van der Waals surface area contributed by atoms with Crippen molar-refractivity contribution in [2.24, 2.45) is 0 Å². The quantitative estimate of drug-likeness (QED) is 0.0702. The number of aliphatic hydroxyl groups excluding tert-OH is 2. The summed E-state index contributed by atoms with van der Waals surface area (Å²) in [4.78, 5) is 14.6. The van der Waals surface area contributed by atoms with Crippen molar-refractivity contribution in [1.29, 1.82) is 0 Å². The van der Waals surface area contributed by atoms with Crippen LogP contribution in [0.15, 0.2) is 12.2 Å². The van der Waals surface area contributed by atoms with E-state index in [1.807, 2.05) is 6.08 Å². The van der Waals surface area contributed by atoms with Gasteiger partial charge in [-0.15, -0.1) is 0 Å². The van der Waals surface area contributed by atoms with Gasteiger partial charge in [0.2, 0.25) is 5.78 Å². The summed E-state index contributed by atoms with van der Waals surface area (Å²) in [6.07, 6.45) is 17.8. The molecule has 0 aromatic carbocycles. The zero-order chi connectivity index (χ0) is 25.2. The van der Waals surface area contributed by atoms with Crippen molar-refractivity contribution in [1.82, 2.24) is 4.90 Å². The zero-order valence-electron chi connectivity index (χ0n) is 22.0. The Morgan fingerprint density at radius 2 is 1.63 bits per heavy atom. The maximum atomic E-state index is 12.8. The Morgan fingerprint density at radius 3 is 2.20 bits per heavy atom. The number of hydrogen-bond donors (Lipinski definition) is 2. The molecule has 1 aliphatic heterocycles. The van der Waals surface area contributed by atoms with Gasteiger partial charge < -0.3 is 14.8 Å². The summed E-state index contributed by atoms with van der Waals surface area (Å²) in [5.41, 5.74) is 0. The van der Waals surface area contributed by atoms with Crippen molar-refractivity contribution in [2.45, 2.75) is 96.5 Å². The van der Waals surface area contributed by atoms with E-state index in [1.165, 1.54) is 57.8 Å². The Labute approximate surface area is 234 Å². The summed E-state index contributed by atoms with van der Waals surface area (Å²) < 4.78 is 34.3. The van der Waals surface area contributed by atoms with E-state index in [2.05, 4.69) is 13.0 Å². The van der Waals surface area contributed by atoms with E-state index in [4.69, 9.17) is 0 Å². The number of unbranched alkanes of at least 4 members (excludes halogenated alkanes) is 10. The van der Waals surface area contributed by atoms with Crippen LogP contribution in [0.4, 0.5) is 0 Å². The molecule has 1 atom stereocenters. The van der Waals surface area contributed by atoms with Crippen LogP contribution in [0.5, 0.6) is 0 Å². The fourth-order valence-electron chi connectivity index (χ4n) is 4.38. The third-order valence-corrected chi connectivity index (χ3v) is 6.91. The van der Waals surface area contributed by atoms with E-state index in [0.717, 1.165) is 12.8 Å². The van der Waals surface area contributed by atoms with Gasteiger partial charge in [-0.1, -0.05) is 76.9 Å². The summed E-state index contributed by atoms with van der Waals surface area (Å²) in [7, 11) is -4.55. The Morgan fingerprint density at radius 1 is 1.06 bits per heavy atom. The van der Waals surface area contributed by atoms with E-state index in [-0.39, 0.29) is 48.5 Å². The van der Waals surface area contributed by atoms with Gasteiger partial charge in [-0.2, -0.15) is 0 Å². The SMILES string of the molecule is CCCCCCCCCCCC/C=C/CCC(=O)C1=[N+](CC(O)CS(=O)(=O)[O-])CCN1CCO.[Na+]. The second-order valence-corrected chi connectivity index (χ2v) is 10.7. The molecule has 0 bridgehead atoms. The van der Waals surface area contributed by atoms with Crippen LogP contribution < -0.4 is 29.6 Å². The Bertz CT molecular complexity index is 742. The van der Waals surface area contributed by atoms with Crippen molar-refractivity contribution in [3.8, 4) is 0 Å². The molecule has 0 radical (unpaired) electrons. The van der Waals surface area contributed by atoms with Gasteiger partial charge in [-0.05, 0) is 19.3 Å². The van der Waals surface area contributed by atoms with Gasteiger partial charge in [0.25, 0.3) is 0 Å². The molecule has 0 aromatic rings. The molecule has 198 valence electrons. The number of aliphatic hydroxyl groups is 2. The third kappa shape index (κ3) is 17.0. The Kier molecular flexibility index (Phi) is 20.6. The van der Waals surface area contributed by atoms with E-state index in [9.17, 15) is 28.0 Å². The molecular weight excluding hydrogens is 479 g/mol. The van der Waals surface area contributed by atoms with Crippen molar-refractivity contribution in [2.75, 3.05) is 38.5 Å². The molecule has 0 spiro atoms. The number of allylic oxidation sites excluding steroid dienone is 2. The number of β-amino-alcohol motifs (C(OH)–C–C–N with tert-alkyl or cyclic N) is 2. The van der Waals surface area contributed by atoms with Crippen molar-refractivity contribution >= 4 is 21.7 Å². The van der Waals surface area contributed by atoms with E-state index in [0.29, 0.717) is 38.3 Å². The van der Waals surface area contributed by atoms with Crippen LogP contribution in [0.1, 0.15) is 90.4 Å². The average Bonchev–Trinajstić information content (AvgIpc) is 3.14. The first-order valence-corrected chi connectivity index (χ1v) is 14.6. The minimum Gasteiger partial charge on any atom is -0.748 e. The first-order chi connectivity index (χ1) is 16.3. The van der Waals surface area contributed by atoms with Crippen molar-refractivity contribution in [3.63, 3.8) is 0 Å². The van der Waals surface area contributed by atoms with Crippen LogP contribution in [0, 0.1) is 0 Å². The molecule has 1 rings (SSSR count). The molecule has 2 N–H and O–H groups in total. The molecule has 0 aromatic heterocycles. The predicted molar refractivity (Wildman–Crippen MR) is 134 cm³/mol. The van der Waals surface area contributed by atoms with Crippen molar-refractivity contribution < 1.29 is 62.1 Å². The van der Waals surface area contributed by atoms with Gasteiger partial charge in [0.05, 0.1) is 22.5 Å². The standard InChI is InChI=1S/C25H46N2O6S.Na/c1-2-3-4-5-6-7-8-9-10-11-12-13-14-15-16-24(30)25-26(19-20-28)17-18-27(25)21-23(29)22-34(31,32)33;/h13-14,23,28-29H,2-12,15-22H2,1H3;/q;+1/b14-13+;. The van der Waals surface area contributed by atoms with Crippen LogP contribution in [0.2, 0.25) is 0 Å².